The number of rotatable bonds is 6. The second kappa shape index (κ2) is 5.97. The van der Waals surface area contributed by atoms with Crippen LogP contribution in [-0.4, -0.2) is 27.7 Å². The minimum Gasteiger partial charge on any atom is -0.394 e. The molecule has 0 aliphatic carbocycles. The Balaban J connectivity index is 2.98. The van der Waals surface area contributed by atoms with Crippen molar-refractivity contribution in [1.29, 1.82) is 0 Å². The van der Waals surface area contributed by atoms with Gasteiger partial charge in [0.15, 0.2) is 0 Å². The molecule has 0 fully saturated rings. The van der Waals surface area contributed by atoms with Crippen LogP contribution in [0.2, 0.25) is 0 Å². The Morgan fingerprint density at radius 3 is 2.71 bits per heavy atom. The van der Waals surface area contributed by atoms with Crippen LogP contribution >= 0.6 is 0 Å². The summed E-state index contributed by atoms with van der Waals surface area (Å²) in [6.45, 7) is 1.81. The van der Waals surface area contributed by atoms with E-state index in [1.54, 1.807) is 0 Å². The Morgan fingerprint density at radius 2 is 2.24 bits per heavy atom. The van der Waals surface area contributed by atoms with Gasteiger partial charge in [0.2, 0.25) is 0 Å². The zero-order valence-corrected chi connectivity index (χ0v) is 9.38. The molecule has 0 aliphatic heterocycles. The van der Waals surface area contributed by atoms with Gasteiger partial charge in [0, 0.05) is 0 Å². The highest BCUT2D eigenvalue weighted by Gasteiger charge is 2.12. The standard InChI is InChI=1S/C9H15N5O3/c1-2-6(5-15)11-8-3-7(14(16)17)4-9(12-8)13-10/h3-4,6,15H,2,5,10H2,1H3,(H2,11,12,13). The molecular formula is C9H15N5O3. The number of aliphatic hydroxyl groups excluding tert-OH is 1. The molecule has 0 saturated heterocycles. The molecule has 94 valence electrons. The number of anilines is 2. The zero-order chi connectivity index (χ0) is 12.8. The van der Waals surface area contributed by atoms with E-state index in [-0.39, 0.29) is 24.2 Å². The van der Waals surface area contributed by atoms with Gasteiger partial charge in [-0.2, -0.15) is 0 Å². The summed E-state index contributed by atoms with van der Waals surface area (Å²) in [5.74, 6) is 5.66. The summed E-state index contributed by atoms with van der Waals surface area (Å²) in [4.78, 5) is 14.2. The third-order valence-corrected chi connectivity index (χ3v) is 2.23. The second-order valence-electron chi connectivity index (χ2n) is 3.43. The molecule has 17 heavy (non-hydrogen) atoms. The molecule has 0 amide bonds. The quantitative estimate of drug-likeness (QED) is 0.323. The van der Waals surface area contributed by atoms with E-state index in [9.17, 15) is 10.1 Å². The molecule has 8 heteroatoms. The Morgan fingerprint density at radius 1 is 1.59 bits per heavy atom. The number of pyridine rings is 1. The first-order chi connectivity index (χ1) is 8.10. The number of aromatic nitrogens is 1. The van der Waals surface area contributed by atoms with Gasteiger partial charge in [-0.1, -0.05) is 6.92 Å². The van der Waals surface area contributed by atoms with Crippen molar-refractivity contribution in [2.24, 2.45) is 5.84 Å². The maximum absolute atomic E-state index is 10.7. The van der Waals surface area contributed by atoms with Crippen molar-refractivity contribution in [3.63, 3.8) is 0 Å². The highest BCUT2D eigenvalue weighted by atomic mass is 16.6. The monoisotopic (exact) mass is 241 g/mol. The topological polar surface area (TPSA) is 126 Å². The number of nitrogens with zero attached hydrogens (tertiary/aromatic N) is 2. The molecule has 5 N–H and O–H groups in total. The van der Waals surface area contributed by atoms with Crippen molar-refractivity contribution in [3.8, 4) is 0 Å². The van der Waals surface area contributed by atoms with Crippen molar-refractivity contribution in [1.82, 2.24) is 4.98 Å². The number of hydrazine groups is 1. The molecule has 1 heterocycles. The molecule has 1 rings (SSSR count). The number of hydrogen-bond acceptors (Lipinski definition) is 7. The summed E-state index contributed by atoms with van der Waals surface area (Å²) < 4.78 is 0. The summed E-state index contributed by atoms with van der Waals surface area (Å²) >= 11 is 0. The lowest BCUT2D eigenvalue weighted by molar-refractivity contribution is -0.384. The van der Waals surface area contributed by atoms with Crippen molar-refractivity contribution >= 4 is 17.3 Å². The molecule has 1 unspecified atom stereocenters. The lowest BCUT2D eigenvalue weighted by Gasteiger charge is -2.15. The van der Waals surface area contributed by atoms with Crippen LogP contribution in [0.4, 0.5) is 17.3 Å². The zero-order valence-electron chi connectivity index (χ0n) is 9.38. The molecule has 8 nitrogen and oxygen atoms in total. The fraction of sp³-hybridized carbons (Fsp3) is 0.444. The van der Waals surface area contributed by atoms with E-state index in [2.05, 4.69) is 15.7 Å². The van der Waals surface area contributed by atoms with E-state index in [4.69, 9.17) is 10.9 Å². The molecule has 0 saturated carbocycles. The SMILES string of the molecule is CCC(CO)Nc1cc([N+](=O)[O-])cc(NN)n1. The first-order valence-electron chi connectivity index (χ1n) is 5.11. The average molecular weight is 241 g/mol. The summed E-state index contributed by atoms with van der Waals surface area (Å²) in [6, 6.07) is 2.32. The van der Waals surface area contributed by atoms with E-state index in [1.807, 2.05) is 6.92 Å². The third kappa shape index (κ3) is 3.54. The minimum atomic E-state index is -0.534. The fourth-order valence-electron chi connectivity index (χ4n) is 1.26. The number of nitrogens with two attached hydrogens (primary N) is 1. The number of nitrogens with one attached hydrogen (secondary N) is 2. The van der Waals surface area contributed by atoms with Crippen LogP contribution in [0, 0.1) is 10.1 Å². The third-order valence-electron chi connectivity index (χ3n) is 2.23. The van der Waals surface area contributed by atoms with Crippen LogP contribution in [0.15, 0.2) is 12.1 Å². The van der Waals surface area contributed by atoms with Gasteiger partial charge in [-0.15, -0.1) is 0 Å². The van der Waals surface area contributed by atoms with E-state index in [1.165, 1.54) is 12.1 Å². The number of aliphatic hydroxyl groups is 1. The number of nitrogen functional groups attached to an aromatic ring is 1. The van der Waals surface area contributed by atoms with Crippen LogP contribution in [0.3, 0.4) is 0 Å². The van der Waals surface area contributed by atoms with Crippen molar-refractivity contribution < 1.29 is 10.0 Å². The van der Waals surface area contributed by atoms with Crippen LogP contribution in [0.5, 0.6) is 0 Å². The molecule has 1 aromatic heterocycles. The number of hydrogen-bond donors (Lipinski definition) is 4. The highest BCUT2D eigenvalue weighted by Crippen LogP contribution is 2.20. The molecular weight excluding hydrogens is 226 g/mol. The van der Waals surface area contributed by atoms with E-state index >= 15 is 0 Å². The average Bonchev–Trinajstić information content (AvgIpc) is 2.35. The normalized spacial score (nSPS) is 11.9. The molecule has 0 aliphatic rings. The fourth-order valence-corrected chi connectivity index (χ4v) is 1.26. The van der Waals surface area contributed by atoms with Crippen LogP contribution in [0.25, 0.3) is 0 Å². The van der Waals surface area contributed by atoms with E-state index in [0.717, 1.165) is 0 Å². The Labute approximate surface area is 98.0 Å². The number of nitro groups is 1. The Hall–Kier alpha value is -1.93. The van der Waals surface area contributed by atoms with Crippen molar-refractivity contribution in [2.45, 2.75) is 19.4 Å². The van der Waals surface area contributed by atoms with Gasteiger partial charge in [-0.25, -0.2) is 10.8 Å². The van der Waals surface area contributed by atoms with Gasteiger partial charge >= 0.3 is 0 Å². The predicted octanol–water partition coefficient (Wildman–Crippen LogP) is 0.458. The molecule has 0 bridgehead atoms. The van der Waals surface area contributed by atoms with E-state index < -0.39 is 4.92 Å². The van der Waals surface area contributed by atoms with Gasteiger partial charge < -0.3 is 15.8 Å². The van der Waals surface area contributed by atoms with Gasteiger partial charge in [-0.3, -0.25) is 10.1 Å². The first-order valence-corrected chi connectivity index (χ1v) is 5.11. The lowest BCUT2D eigenvalue weighted by atomic mass is 10.2. The summed E-state index contributed by atoms with van der Waals surface area (Å²) in [5.41, 5.74) is 2.13. The van der Waals surface area contributed by atoms with Gasteiger partial charge in [0.25, 0.3) is 5.69 Å². The Kier molecular flexibility index (Phi) is 4.61. The molecule has 1 atom stereocenters. The van der Waals surface area contributed by atoms with Gasteiger partial charge in [0.1, 0.15) is 11.6 Å². The smallest absolute Gasteiger partial charge is 0.276 e. The molecule has 0 spiro atoms. The maximum Gasteiger partial charge on any atom is 0.276 e. The van der Waals surface area contributed by atoms with Crippen LogP contribution in [0.1, 0.15) is 13.3 Å². The second-order valence-corrected chi connectivity index (χ2v) is 3.43. The Bertz CT molecular complexity index is 394. The molecule has 1 aromatic rings. The van der Waals surface area contributed by atoms with Gasteiger partial charge in [-0.05, 0) is 6.42 Å². The summed E-state index contributed by atoms with van der Waals surface area (Å²) in [6.07, 6.45) is 0.673. The predicted molar refractivity (Wildman–Crippen MR) is 63.5 cm³/mol. The van der Waals surface area contributed by atoms with Gasteiger partial charge in [0.05, 0.1) is 29.7 Å². The lowest BCUT2D eigenvalue weighted by Crippen LogP contribution is -2.23. The largest absolute Gasteiger partial charge is 0.394 e. The van der Waals surface area contributed by atoms with Crippen LogP contribution < -0.4 is 16.6 Å². The summed E-state index contributed by atoms with van der Waals surface area (Å²) in [5, 5.41) is 22.6. The minimum absolute atomic E-state index is 0.0771. The maximum atomic E-state index is 10.7. The molecule has 0 aromatic carbocycles. The highest BCUT2D eigenvalue weighted by molar-refractivity contribution is 5.54. The van der Waals surface area contributed by atoms with Crippen molar-refractivity contribution in [2.75, 3.05) is 17.3 Å². The van der Waals surface area contributed by atoms with Crippen molar-refractivity contribution in [3.05, 3.63) is 22.2 Å². The first kappa shape index (κ1) is 13.1. The van der Waals surface area contributed by atoms with E-state index in [0.29, 0.717) is 12.2 Å². The summed E-state index contributed by atoms with van der Waals surface area (Å²) in [7, 11) is 0. The van der Waals surface area contributed by atoms with Crippen LogP contribution in [-0.2, 0) is 0 Å². The molecule has 0 radical (unpaired) electrons.